The van der Waals surface area contributed by atoms with E-state index in [4.69, 9.17) is 9.47 Å². The van der Waals surface area contributed by atoms with Crippen LogP contribution in [0, 0.1) is 5.92 Å². The first-order chi connectivity index (χ1) is 13.2. The molecule has 1 aliphatic rings. The van der Waals surface area contributed by atoms with Crippen molar-refractivity contribution in [3.63, 3.8) is 0 Å². The van der Waals surface area contributed by atoms with Gasteiger partial charge >= 0.3 is 6.01 Å². The Morgan fingerprint density at radius 2 is 2.19 bits per heavy atom. The SMILES string of the molecule is COc1nc(C(=O)N[C@H]2COC[C@H]2Cc2ccnc3ccccc23)nn1C. The van der Waals surface area contributed by atoms with E-state index < -0.39 is 0 Å². The summed E-state index contributed by atoms with van der Waals surface area (Å²) in [6, 6.07) is 10.3. The number of nitrogens with one attached hydrogen (secondary N) is 1. The van der Waals surface area contributed by atoms with E-state index in [2.05, 4.69) is 26.4 Å². The van der Waals surface area contributed by atoms with Gasteiger partial charge in [0.25, 0.3) is 5.91 Å². The van der Waals surface area contributed by atoms with Gasteiger partial charge in [0.2, 0.25) is 5.82 Å². The Morgan fingerprint density at radius 3 is 3.00 bits per heavy atom. The fourth-order valence-electron chi connectivity index (χ4n) is 3.45. The van der Waals surface area contributed by atoms with Crippen molar-refractivity contribution in [3.8, 4) is 6.01 Å². The van der Waals surface area contributed by atoms with E-state index in [1.807, 2.05) is 30.5 Å². The van der Waals surface area contributed by atoms with Crippen molar-refractivity contribution in [1.82, 2.24) is 25.1 Å². The topological polar surface area (TPSA) is 91.2 Å². The third kappa shape index (κ3) is 3.48. The smallest absolute Gasteiger partial charge is 0.314 e. The Kier molecular flexibility index (Phi) is 4.72. The molecule has 4 rings (SSSR count). The highest BCUT2D eigenvalue weighted by molar-refractivity contribution is 5.90. The number of pyridine rings is 1. The van der Waals surface area contributed by atoms with Gasteiger partial charge in [0, 0.05) is 24.5 Å². The van der Waals surface area contributed by atoms with E-state index >= 15 is 0 Å². The number of ether oxygens (including phenoxy) is 2. The van der Waals surface area contributed by atoms with Crippen LogP contribution in [0.2, 0.25) is 0 Å². The molecule has 0 bridgehead atoms. The molecule has 0 spiro atoms. The van der Waals surface area contributed by atoms with Crippen LogP contribution in [0.5, 0.6) is 6.01 Å². The normalized spacial score (nSPS) is 19.3. The fourth-order valence-corrected chi connectivity index (χ4v) is 3.45. The van der Waals surface area contributed by atoms with Gasteiger partial charge in [-0.2, -0.15) is 4.98 Å². The number of hydrogen-bond donors (Lipinski definition) is 1. The maximum atomic E-state index is 12.5. The van der Waals surface area contributed by atoms with Crippen LogP contribution in [-0.4, -0.2) is 52.0 Å². The summed E-state index contributed by atoms with van der Waals surface area (Å²) in [5.41, 5.74) is 2.17. The molecule has 8 heteroatoms. The van der Waals surface area contributed by atoms with E-state index in [1.54, 1.807) is 7.05 Å². The zero-order chi connectivity index (χ0) is 18.8. The van der Waals surface area contributed by atoms with E-state index in [-0.39, 0.29) is 23.7 Å². The highest BCUT2D eigenvalue weighted by Gasteiger charge is 2.31. The molecule has 8 nitrogen and oxygen atoms in total. The number of para-hydroxylation sites is 1. The molecule has 3 heterocycles. The minimum Gasteiger partial charge on any atom is -0.467 e. The average molecular weight is 367 g/mol. The number of amides is 1. The molecule has 0 saturated carbocycles. The number of hydrogen-bond acceptors (Lipinski definition) is 6. The molecule has 1 aliphatic heterocycles. The third-order valence-corrected chi connectivity index (χ3v) is 4.85. The second-order valence-electron chi connectivity index (χ2n) is 6.61. The molecular formula is C19H21N5O3. The van der Waals surface area contributed by atoms with Crippen molar-refractivity contribution in [2.45, 2.75) is 12.5 Å². The predicted molar refractivity (Wildman–Crippen MR) is 98.6 cm³/mol. The number of benzene rings is 1. The Labute approximate surface area is 156 Å². The maximum absolute atomic E-state index is 12.5. The Hall–Kier alpha value is -3.00. The predicted octanol–water partition coefficient (Wildman–Crippen LogP) is 1.36. The van der Waals surface area contributed by atoms with Gasteiger partial charge in [-0.1, -0.05) is 18.2 Å². The third-order valence-electron chi connectivity index (χ3n) is 4.85. The van der Waals surface area contributed by atoms with Gasteiger partial charge in [0.15, 0.2) is 0 Å². The molecule has 1 amide bonds. The van der Waals surface area contributed by atoms with E-state index in [0.717, 1.165) is 17.3 Å². The van der Waals surface area contributed by atoms with Crippen molar-refractivity contribution < 1.29 is 14.3 Å². The largest absolute Gasteiger partial charge is 0.467 e. The maximum Gasteiger partial charge on any atom is 0.314 e. The Morgan fingerprint density at radius 1 is 1.33 bits per heavy atom. The first kappa shape index (κ1) is 17.4. The number of fused-ring (bicyclic) bond motifs is 1. The lowest BCUT2D eigenvalue weighted by Crippen LogP contribution is -2.41. The van der Waals surface area contributed by atoms with Crippen molar-refractivity contribution in [2.24, 2.45) is 13.0 Å². The Balaban J connectivity index is 1.49. The second-order valence-corrected chi connectivity index (χ2v) is 6.61. The summed E-state index contributed by atoms with van der Waals surface area (Å²) in [6.45, 7) is 1.07. The molecule has 0 radical (unpaired) electrons. The molecule has 0 unspecified atom stereocenters. The highest BCUT2D eigenvalue weighted by Crippen LogP contribution is 2.24. The monoisotopic (exact) mass is 367 g/mol. The van der Waals surface area contributed by atoms with Crippen molar-refractivity contribution in [2.75, 3.05) is 20.3 Å². The van der Waals surface area contributed by atoms with Crippen LogP contribution in [0.4, 0.5) is 0 Å². The molecule has 0 aliphatic carbocycles. The minimum absolute atomic E-state index is 0.0920. The number of aryl methyl sites for hydroxylation is 1. The summed E-state index contributed by atoms with van der Waals surface area (Å²) in [7, 11) is 3.17. The lowest BCUT2D eigenvalue weighted by atomic mass is 9.93. The molecule has 27 heavy (non-hydrogen) atoms. The molecule has 1 saturated heterocycles. The molecule has 1 aromatic carbocycles. The van der Waals surface area contributed by atoms with Crippen LogP contribution in [0.3, 0.4) is 0 Å². The van der Waals surface area contributed by atoms with E-state index in [1.165, 1.54) is 17.4 Å². The quantitative estimate of drug-likeness (QED) is 0.732. The van der Waals surface area contributed by atoms with Crippen molar-refractivity contribution >= 4 is 16.8 Å². The van der Waals surface area contributed by atoms with Gasteiger partial charge in [0.1, 0.15) is 0 Å². The zero-order valence-corrected chi connectivity index (χ0v) is 15.3. The highest BCUT2D eigenvalue weighted by atomic mass is 16.5. The Bertz CT molecular complexity index is 966. The van der Waals surface area contributed by atoms with Crippen LogP contribution >= 0.6 is 0 Å². The molecule has 2 aromatic heterocycles. The van der Waals surface area contributed by atoms with Crippen molar-refractivity contribution in [3.05, 3.63) is 47.9 Å². The van der Waals surface area contributed by atoms with Gasteiger partial charge in [-0.05, 0) is 24.1 Å². The number of carbonyl (C=O) groups is 1. The van der Waals surface area contributed by atoms with Gasteiger partial charge < -0.3 is 14.8 Å². The number of methoxy groups -OCH3 is 1. The van der Waals surface area contributed by atoms with Gasteiger partial charge in [-0.3, -0.25) is 9.78 Å². The molecule has 3 aromatic rings. The van der Waals surface area contributed by atoms with Gasteiger partial charge in [-0.25, -0.2) is 4.68 Å². The lowest BCUT2D eigenvalue weighted by molar-refractivity contribution is 0.0914. The van der Waals surface area contributed by atoms with Crippen LogP contribution in [0.15, 0.2) is 36.5 Å². The van der Waals surface area contributed by atoms with Crippen LogP contribution in [-0.2, 0) is 18.2 Å². The average Bonchev–Trinajstić information content (AvgIpc) is 3.28. The lowest BCUT2D eigenvalue weighted by Gasteiger charge is -2.19. The fraction of sp³-hybridized carbons (Fsp3) is 0.368. The summed E-state index contributed by atoms with van der Waals surface area (Å²) in [5, 5.41) is 8.23. The van der Waals surface area contributed by atoms with E-state index in [0.29, 0.717) is 19.2 Å². The van der Waals surface area contributed by atoms with Gasteiger partial charge in [-0.15, -0.1) is 5.10 Å². The van der Waals surface area contributed by atoms with Gasteiger partial charge in [0.05, 0.1) is 31.9 Å². The molecular weight excluding hydrogens is 346 g/mol. The van der Waals surface area contributed by atoms with E-state index in [9.17, 15) is 4.79 Å². The second kappa shape index (κ2) is 7.32. The van der Waals surface area contributed by atoms with Crippen LogP contribution in [0.25, 0.3) is 10.9 Å². The van der Waals surface area contributed by atoms with Crippen molar-refractivity contribution in [1.29, 1.82) is 0 Å². The standard InChI is InChI=1S/C19H21N5O3/c1-24-19(26-2)22-17(23-24)18(25)21-16-11-27-10-13(16)9-12-7-8-20-15-6-4-3-5-14(12)15/h3-8,13,16H,9-11H2,1-2H3,(H,21,25)/t13-,16+/m1/s1. The summed E-state index contributed by atoms with van der Waals surface area (Å²) in [5.74, 6) is -0.0614. The minimum atomic E-state index is -0.325. The summed E-state index contributed by atoms with van der Waals surface area (Å²) >= 11 is 0. The molecule has 2 atom stereocenters. The summed E-state index contributed by atoms with van der Waals surface area (Å²) < 4.78 is 12.1. The van der Waals surface area contributed by atoms with Crippen LogP contribution < -0.4 is 10.1 Å². The first-order valence-corrected chi connectivity index (χ1v) is 8.82. The number of nitrogens with zero attached hydrogens (tertiary/aromatic N) is 4. The summed E-state index contributed by atoms with van der Waals surface area (Å²) in [6.07, 6.45) is 2.62. The zero-order valence-electron chi connectivity index (χ0n) is 15.3. The molecule has 140 valence electrons. The molecule has 1 fully saturated rings. The van der Waals surface area contributed by atoms with Crippen LogP contribution in [0.1, 0.15) is 16.2 Å². The number of carbonyl (C=O) groups excluding carboxylic acids is 1. The number of aromatic nitrogens is 4. The number of rotatable bonds is 5. The summed E-state index contributed by atoms with van der Waals surface area (Å²) in [4.78, 5) is 21.0. The molecule has 1 N–H and O–H groups in total. The first-order valence-electron chi connectivity index (χ1n) is 8.82.